The van der Waals surface area contributed by atoms with E-state index in [-0.39, 0.29) is 5.69 Å². The number of rotatable bonds is 8. The van der Waals surface area contributed by atoms with Gasteiger partial charge in [0.25, 0.3) is 0 Å². The van der Waals surface area contributed by atoms with Crippen LogP contribution in [0.25, 0.3) is 0 Å². The molecule has 10 heteroatoms. The first-order chi connectivity index (χ1) is 12.2. The van der Waals surface area contributed by atoms with Gasteiger partial charge in [-0.3, -0.25) is 9.52 Å². The van der Waals surface area contributed by atoms with Crippen molar-refractivity contribution in [2.75, 3.05) is 4.72 Å². The number of imidazole rings is 1. The summed E-state index contributed by atoms with van der Waals surface area (Å²) in [6.45, 7) is 2.34. The van der Waals surface area contributed by atoms with Crippen LogP contribution in [-0.4, -0.2) is 29.8 Å². The first-order valence-corrected chi connectivity index (χ1v) is 9.34. The molecule has 142 valence electrons. The number of aldehydes is 1. The molecule has 0 unspecified atom stereocenters. The molecular weight excluding hydrogens is 371 g/mol. The molecule has 6 nitrogen and oxygen atoms in total. The van der Waals surface area contributed by atoms with E-state index in [1.165, 1.54) is 35.2 Å². The maximum absolute atomic E-state index is 12.4. The van der Waals surface area contributed by atoms with E-state index < -0.39 is 15.5 Å². The molecule has 0 aliphatic rings. The summed E-state index contributed by atoms with van der Waals surface area (Å²) in [6.07, 6.45) is 4.75. The van der Waals surface area contributed by atoms with Crippen molar-refractivity contribution in [3.8, 4) is 0 Å². The fourth-order valence-corrected chi connectivity index (χ4v) is 2.88. The van der Waals surface area contributed by atoms with Crippen LogP contribution in [0.5, 0.6) is 0 Å². The van der Waals surface area contributed by atoms with Crippen molar-refractivity contribution in [2.24, 2.45) is 0 Å². The van der Waals surface area contributed by atoms with Gasteiger partial charge in [0.15, 0.2) is 6.29 Å². The van der Waals surface area contributed by atoms with E-state index in [0.29, 0.717) is 30.5 Å². The maximum Gasteiger partial charge on any atom is 0.516 e. The molecular formula is C16H18F3N3O3S. The average Bonchev–Trinajstić information content (AvgIpc) is 2.95. The fraction of sp³-hybridized carbons (Fsp3) is 0.375. The number of aryl methyl sites for hydroxylation is 1. The van der Waals surface area contributed by atoms with Gasteiger partial charge in [0, 0.05) is 18.7 Å². The van der Waals surface area contributed by atoms with Gasteiger partial charge >= 0.3 is 15.5 Å². The number of aromatic nitrogens is 2. The highest BCUT2D eigenvalue weighted by Gasteiger charge is 2.45. The Balaban J connectivity index is 2.18. The summed E-state index contributed by atoms with van der Waals surface area (Å²) in [5.41, 5.74) is -4.48. The second-order valence-electron chi connectivity index (χ2n) is 5.66. The lowest BCUT2D eigenvalue weighted by Crippen LogP contribution is -2.29. The summed E-state index contributed by atoms with van der Waals surface area (Å²) >= 11 is 0. The Labute approximate surface area is 149 Å². The monoisotopic (exact) mass is 389 g/mol. The lowest BCUT2D eigenvalue weighted by molar-refractivity contribution is -0.0429. The topological polar surface area (TPSA) is 81.1 Å². The van der Waals surface area contributed by atoms with Crippen LogP contribution in [0.4, 0.5) is 18.9 Å². The van der Waals surface area contributed by atoms with E-state index in [0.717, 1.165) is 18.7 Å². The van der Waals surface area contributed by atoms with Gasteiger partial charge in [-0.1, -0.05) is 25.5 Å². The molecule has 2 aromatic rings. The van der Waals surface area contributed by atoms with Crippen LogP contribution in [0, 0.1) is 0 Å². The Morgan fingerprint density at radius 2 is 1.88 bits per heavy atom. The van der Waals surface area contributed by atoms with Crippen molar-refractivity contribution >= 4 is 22.0 Å². The predicted octanol–water partition coefficient (Wildman–Crippen LogP) is 3.35. The van der Waals surface area contributed by atoms with E-state index in [2.05, 4.69) is 4.98 Å². The van der Waals surface area contributed by atoms with Crippen LogP contribution >= 0.6 is 0 Å². The molecule has 0 aliphatic heterocycles. The molecule has 0 radical (unpaired) electrons. The van der Waals surface area contributed by atoms with Crippen LogP contribution in [0.2, 0.25) is 0 Å². The smallest absolute Gasteiger partial charge is 0.321 e. The quantitative estimate of drug-likeness (QED) is 0.702. The number of benzene rings is 1. The van der Waals surface area contributed by atoms with Crippen LogP contribution in [0.3, 0.4) is 0 Å². The number of unbranched alkanes of at least 4 members (excludes halogenated alkanes) is 1. The maximum atomic E-state index is 12.4. The van der Waals surface area contributed by atoms with Crippen molar-refractivity contribution in [2.45, 2.75) is 38.2 Å². The number of nitrogens with one attached hydrogen (secondary N) is 1. The number of halogens is 3. The Kier molecular flexibility index (Phi) is 6.06. The molecule has 0 spiro atoms. The van der Waals surface area contributed by atoms with Crippen molar-refractivity contribution in [1.82, 2.24) is 9.55 Å². The average molecular weight is 389 g/mol. The number of alkyl halides is 3. The molecule has 1 heterocycles. The Hall–Kier alpha value is -2.36. The third kappa shape index (κ3) is 4.63. The largest absolute Gasteiger partial charge is 0.516 e. The molecule has 1 N–H and O–H groups in total. The minimum atomic E-state index is -5.45. The van der Waals surface area contributed by atoms with Gasteiger partial charge in [-0.15, -0.1) is 0 Å². The van der Waals surface area contributed by atoms with Gasteiger partial charge in [-0.2, -0.15) is 21.6 Å². The molecule has 26 heavy (non-hydrogen) atoms. The number of anilines is 1. The minimum Gasteiger partial charge on any atom is -0.321 e. The van der Waals surface area contributed by atoms with Crippen LogP contribution < -0.4 is 4.72 Å². The molecule has 1 aromatic carbocycles. The lowest BCUT2D eigenvalue weighted by atomic mass is 10.2. The predicted molar refractivity (Wildman–Crippen MR) is 90.4 cm³/mol. The van der Waals surface area contributed by atoms with Gasteiger partial charge in [0.2, 0.25) is 0 Å². The zero-order valence-electron chi connectivity index (χ0n) is 14.0. The first kappa shape index (κ1) is 20.0. The molecule has 0 aliphatic carbocycles. The summed E-state index contributed by atoms with van der Waals surface area (Å²) in [7, 11) is -5.45. The number of carbonyl (C=O) groups is 1. The molecule has 0 fully saturated rings. The van der Waals surface area contributed by atoms with Crippen molar-refractivity contribution in [3.05, 3.63) is 47.5 Å². The van der Waals surface area contributed by atoms with Gasteiger partial charge < -0.3 is 4.57 Å². The van der Waals surface area contributed by atoms with Crippen molar-refractivity contribution < 1.29 is 26.4 Å². The highest BCUT2D eigenvalue weighted by atomic mass is 32.2. The summed E-state index contributed by atoms with van der Waals surface area (Å²) < 4.78 is 62.6. The first-order valence-electron chi connectivity index (χ1n) is 7.85. The molecule has 1 aromatic heterocycles. The Morgan fingerprint density at radius 1 is 1.23 bits per heavy atom. The molecule has 0 amide bonds. The highest BCUT2D eigenvalue weighted by molar-refractivity contribution is 7.93. The van der Waals surface area contributed by atoms with Crippen LogP contribution in [0.15, 0.2) is 30.5 Å². The van der Waals surface area contributed by atoms with Gasteiger partial charge in [0.05, 0.1) is 6.20 Å². The Bertz CT molecular complexity index is 859. The van der Waals surface area contributed by atoms with Gasteiger partial charge in [-0.25, -0.2) is 4.98 Å². The second-order valence-corrected chi connectivity index (χ2v) is 7.33. The Morgan fingerprint density at radius 3 is 2.42 bits per heavy atom. The van der Waals surface area contributed by atoms with Crippen molar-refractivity contribution in [1.29, 1.82) is 0 Å². The molecule has 0 saturated carbocycles. The number of hydrogen-bond acceptors (Lipinski definition) is 4. The van der Waals surface area contributed by atoms with Crippen LogP contribution in [0.1, 0.15) is 41.6 Å². The normalized spacial score (nSPS) is 12.2. The number of nitrogens with zero attached hydrogens (tertiary/aromatic N) is 2. The summed E-state index contributed by atoms with van der Waals surface area (Å²) in [5, 5.41) is 0. The van der Waals surface area contributed by atoms with E-state index in [9.17, 15) is 26.4 Å². The van der Waals surface area contributed by atoms with Gasteiger partial charge in [0.1, 0.15) is 11.5 Å². The molecule has 0 saturated heterocycles. The van der Waals surface area contributed by atoms with Crippen LogP contribution in [-0.2, 0) is 23.0 Å². The van der Waals surface area contributed by atoms with E-state index in [4.69, 9.17) is 0 Å². The molecule has 0 bridgehead atoms. The fourth-order valence-electron chi connectivity index (χ4n) is 2.31. The zero-order chi connectivity index (χ0) is 19.4. The summed E-state index contributed by atoms with van der Waals surface area (Å²) in [4.78, 5) is 15.4. The van der Waals surface area contributed by atoms with Gasteiger partial charge in [-0.05, 0) is 24.1 Å². The standard InChI is InChI=1S/C16H18F3N3O3S/c1-2-3-4-15-20-9-14(11-23)22(15)10-12-5-7-13(8-6-12)21-26(24,25)16(17,18)19/h5-9,11,21H,2-4,10H2,1H3. The summed E-state index contributed by atoms with van der Waals surface area (Å²) in [6, 6.07) is 5.46. The molecule has 2 rings (SSSR count). The molecule has 0 atom stereocenters. The van der Waals surface area contributed by atoms with Crippen molar-refractivity contribution in [3.63, 3.8) is 0 Å². The van der Waals surface area contributed by atoms with E-state index >= 15 is 0 Å². The SMILES string of the molecule is CCCCc1ncc(C=O)n1Cc1ccc(NS(=O)(=O)C(F)(F)F)cc1. The van der Waals surface area contributed by atoms with E-state index in [1.54, 1.807) is 4.57 Å². The highest BCUT2D eigenvalue weighted by Crippen LogP contribution is 2.25. The third-order valence-electron chi connectivity index (χ3n) is 3.70. The minimum absolute atomic E-state index is 0.196. The number of hydrogen-bond donors (Lipinski definition) is 1. The second kappa shape index (κ2) is 7.90. The van der Waals surface area contributed by atoms with E-state index in [1.807, 2.05) is 6.92 Å². The third-order valence-corrected chi connectivity index (χ3v) is 4.81. The zero-order valence-corrected chi connectivity index (χ0v) is 14.8. The lowest BCUT2D eigenvalue weighted by Gasteiger charge is -2.12. The number of sulfonamides is 1. The summed E-state index contributed by atoms with van der Waals surface area (Å²) in [5.74, 6) is 0.746. The number of carbonyl (C=O) groups excluding carboxylic acids is 1.